The zero-order chi connectivity index (χ0) is 20.4. The first-order chi connectivity index (χ1) is 13.5. The molecule has 1 nitrogen and oxygen atoms in total. The van der Waals surface area contributed by atoms with Gasteiger partial charge in [0.1, 0.15) is 0 Å². The van der Waals surface area contributed by atoms with Crippen LogP contribution >= 0.6 is 0 Å². The van der Waals surface area contributed by atoms with Gasteiger partial charge in [-0.15, -0.1) is 0 Å². The van der Waals surface area contributed by atoms with Crippen LogP contribution in [-0.2, 0) is 17.4 Å². The number of aromatic nitrogens is 1. The van der Waals surface area contributed by atoms with E-state index >= 15 is 0 Å². The van der Waals surface area contributed by atoms with Crippen LogP contribution in [-0.4, -0.2) is 0 Å². The fraction of sp³-hybridized carbons (Fsp3) is 0.593. The minimum Gasteiger partial charge on any atom is -0.192 e. The standard InChI is InChI=1S/C27H40N/c1-7-11-12-15-22-18-20-28-25(21(22)5)23-16-13-14-17-24(23)26(6,9-3)27(28,10-4)19-8-2/h13-14,16-18,20H,7-12,15,19H2,1-6H3/q+1. The summed E-state index contributed by atoms with van der Waals surface area (Å²) in [7, 11) is 0. The third-order valence-corrected chi connectivity index (χ3v) is 7.77. The highest BCUT2D eigenvalue weighted by Crippen LogP contribution is 2.52. The van der Waals surface area contributed by atoms with Crippen LogP contribution in [0.25, 0.3) is 11.3 Å². The minimum absolute atomic E-state index is 0.146. The molecule has 1 heteroatoms. The van der Waals surface area contributed by atoms with Crippen LogP contribution in [0.1, 0.15) is 96.3 Å². The third-order valence-electron chi connectivity index (χ3n) is 7.77. The number of benzene rings is 1. The largest absolute Gasteiger partial charge is 0.216 e. The lowest BCUT2D eigenvalue weighted by Crippen LogP contribution is -2.69. The molecule has 2 heterocycles. The molecule has 0 saturated heterocycles. The Morgan fingerprint density at radius 2 is 1.64 bits per heavy atom. The van der Waals surface area contributed by atoms with Crippen LogP contribution in [0.5, 0.6) is 0 Å². The maximum atomic E-state index is 2.70. The molecule has 0 radical (unpaired) electrons. The van der Waals surface area contributed by atoms with Gasteiger partial charge in [0.2, 0.25) is 5.69 Å². The number of hydrogen-bond acceptors (Lipinski definition) is 0. The summed E-state index contributed by atoms with van der Waals surface area (Å²) in [5.41, 5.74) is 7.83. The minimum atomic E-state index is 0.146. The molecular formula is C27H40N+. The summed E-state index contributed by atoms with van der Waals surface area (Å²) < 4.78 is 2.70. The molecule has 2 unspecified atom stereocenters. The quantitative estimate of drug-likeness (QED) is 0.336. The van der Waals surface area contributed by atoms with Crippen molar-refractivity contribution in [1.82, 2.24) is 0 Å². The van der Waals surface area contributed by atoms with E-state index in [9.17, 15) is 0 Å². The lowest BCUT2D eigenvalue weighted by molar-refractivity contribution is -0.770. The third kappa shape index (κ3) is 3.02. The van der Waals surface area contributed by atoms with Crippen molar-refractivity contribution >= 4 is 0 Å². The van der Waals surface area contributed by atoms with Crippen molar-refractivity contribution in [1.29, 1.82) is 0 Å². The van der Waals surface area contributed by atoms with E-state index in [1.54, 1.807) is 5.56 Å². The molecule has 152 valence electrons. The Morgan fingerprint density at radius 3 is 2.29 bits per heavy atom. The fourth-order valence-corrected chi connectivity index (χ4v) is 5.98. The summed E-state index contributed by atoms with van der Waals surface area (Å²) in [6.07, 6.45) is 12.3. The predicted molar refractivity (Wildman–Crippen MR) is 121 cm³/mol. The smallest absolute Gasteiger partial charge is 0.192 e. The second-order valence-electron chi connectivity index (χ2n) is 9.01. The van der Waals surface area contributed by atoms with Crippen LogP contribution < -0.4 is 4.57 Å². The number of nitrogens with zero attached hydrogens (tertiary/aromatic N) is 1. The second-order valence-corrected chi connectivity index (χ2v) is 9.01. The highest BCUT2D eigenvalue weighted by Gasteiger charge is 2.58. The van der Waals surface area contributed by atoms with Gasteiger partial charge < -0.3 is 0 Å². The highest BCUT2D eigenvalue weighted by atomic mass is 15.1. The van der Waals surface area contributed by atoms with Gasteiger partial charge in [-0.25, -0.2) is 0 Å². The molecule has 1 aliphatic rings. The molecule has 0 saturated carbocycles. The maximum Gasteiger partial charge on any atom is 0.216 e. The van der Waals surface area contributed by atoms with Crippen molar-refractivity contribution < 1.29 is 4.57 Å². The summed E-state index contributed by atoms with van der Waals surface area (Å²) >= 11 is 0. The molecule has 1 aliphatic heterocycles. The summed E-state index contributed by atoms with van der Waals surface area (Å²) in [6, 6.07) is 11.7. The lowest BCUT2D eigenvalue weighted by atomic mass is 9.58. The molecule has 0 amide bonds. The number of fused-ring (bicyclic) bond motifs is 3. The van der Waals surface area contributed by atoms with Gasteiger partial charge in [0.25, 0.3) is 0 Å². The van der Waals surface area contributed by atoms with Crippen LogP contribution in [0.3, 0.4) is 0 Å². The first-order valence-corrected chi connectivity index (χ1v) is 11.6. The molecule has 2 atom stereocenters. The van der Waals surface area contributed by atoms with Gasteiger partial charge in [-0.2, -0.15) is 4.57 Å². The Kier molecular flexibility index (Phi) is 6.32. The molecule has 0 fully saturated rings. The fourth-order valence-electron chi connectivity index (χ4n) is 5.98. The molecule has 3 rings (SSSR count). The zero-order valence-corrected chi connectivity index (χ0v) is 19.1. The van der Waals surface area contributed by atoms with Crippen molar-refractivity contribution in [2.24, 2.45) is 0 Å². The van der Waals surface area contributed by atoms with Gasteiger partial charge in [0, 0.05) is 24.5 Å². The first-order valence-electron chi connectivity index (χ1n) is 11.6. The molecule has 0 N–H and O–H groups in total. The number of rotatable bonds is 8. The van der Waals surface area contributed by atoms with E-state index in [2.05, 4.69) is 82.6 Å². The molecule has 0 aliphatic carbocycles. The van der Waals surface area contributed by atoms with Crippen molar-refractivity contribution in [3.05, 3.63) is 53.2 Å². The molecule has 1 aromatic heterocycles. The Balaban J connectivity index is 2.30. The van der Waals surface area contributed by atoms with E-state index in [0.29, 0.717) is 0 Å². The van der Waals surface area contributed by atoms with Crippen LogP contribution in [0.15, 0.2) is 36.5 Å². The van der Waals surface area contributed by atoms with Gasteiger partial charge in [0.15, 0.2) is 11.7 Å². The number of pyridine rings is 1. The average molecular weight is 379 g/mol. The van der Waals surface area contributed by atoms with Crippen LogP contribution in [0.2, 0.25) is 0 Å². The van der Waals surface area contributed by atoms with E-state index in [4.69, 9.17) is 0 Å². The monoisotopic (exact) mass is 378 g/mol. The van der Waals surface area contributed by atoms with Gasteiger partial charge in [-0.1, -0.05) is 58.7 Å². The second kappa shape index (κ2) is 8.39. The van der Waals surface area contributed by atoms with Crippen molar-refractivity contribution in [2.75, 3.05) is 0 Å². The zero-order valence-electron chi connectivity index (χ0n) is 19.1. The highest BCUT2D eigenvalue weighted by molar-refractivity contribution is 5.69. The lowest BCUT2D eigenvalue weighted by Gasteiger charge is -2.48. The molecule has 1 aromatic carbocycles. The number of unbranched alkanes of at least 4 members (excludes halogenated alkanes) is 2. The van der Waals surface area contributed by atoms with E-state index in [1.165, 1.54) is 73.8 Å². The Labute approximate surface area is 173 Å². The Hall–Kier alpha value is -1.63. The molecule has 2 aromatic rings. The molecule has 28 heavy (non-hydrogen) atoms. The Morgan fingerprint density at radius 1 is 0.893 bits per heavy atom. The van der Waals surface area contributed by atoms with E-state index < -0.39 is 0 Å². The summed E-state index contributed by atoms with van der Waals surface area (Å²) in [4.78, 5) is 0. The van der Waals surface area contributed by atoms with Gasteiger partial charge in [-0.3, -0.25) is 0 Å². The molecule has 0 spiro atoms. The molecular weight excluding hydrogens is 338 g/mol. The van der Waals surface area contributed by atoms with E-state index in [-0.39, 0.29) is 11.0 Å². The van der Waals surface area contributed by atoms with Crippen molar-refractivity contribution in [3.8, 4) is 11.3 Å². The first kappa shape index (κ1) is 21.1. The van der Waals surface area contributed by atoms with Gasteiger partial charge in [0.05, 0.1) is 11.0 Å². The number of hydrogen-bond donors (Lipinski definition) is 0. The summed E-state index contributed by atoms with van der Waals surface area (Å²) in [6.45, 7) is 14.3. The number of aryl methyl sites for hydroxylation is 1. The van der Waals surface area contributed by atoms with Gasteiger partial charge in [-0.05, 0) is 56.7 Å². The topological polar surface area (TPSA) is 3.88 Å². The predicted octanol–water partition coefficient (Wildman–Crippen LogP) is 7.27. The van der Waals surface area contributed by atoms with Crippen LogP contribution in [0, 0.1) is 6.92 Å². The maximum absolute atomic E-state index is 2.70. The van der Waals surface area contributed by atoms with Crippen molar-refractivity contribution in [2.45, 2.75) is 104 Å². The molecule has 0 bridgehead atoms. The average Bonchev–Trinajstić information content (AvgIpc) is 2.72. The van der Waals surface area contributed by atoms with Crippen molar-refractivity contribution in [3.63, 3.8) is 0 Å². The summed E-state index contributed by atoms with van der Waals surface area (Å²) in [5.74, 6) is 0. The van der Waals surface area contributed by atoms with E-state index in [0.717, 1.165) is 0 Å². The van der Waals surface area contributed by atoms with Gasteiger partial charge >= 0.3 is 0 Å². The van der Waals surface area contributed by atoms with E-state index in [1.807, 2.05) is 0 Å². The van der Waals surface area contributed by atoms with Crippen LogP contribution in [0.4, 0.5) is 0 Å². The normalized spacial score (nSPS) is 23.4. The summed E-state index contributed by atoms with van der Waals surface area (Å²) in [5, 5.41) is 0. The Bertz CT molecular complexity index is 821. The SMILES string of the molecule is CCCCCc1cc[n+]2c(c1C)-c1ccccc1C(C)(CC)C2(CC)CCC.